The smallest absolute Gasteiger partial charge is 0.323 e. The lowest BCUT2D eigenvalue weighted by Gasteiger charge is -2.12. The van der Waals surface area contributed by atoms with Crippen LogP contribution in [0.5, 0.6) is 0 Å². The summed E-state index contributed by atoms with van der Waals surface area (Å²) in [5.74, 6) is -0.287. The number of esters is 1. The SMILES string of the molecule is Cc1c(CN)cccc1-c1cccc(C(=O)NCCCNC2CCOC2=O)c1. The van der Waals surface area contributed by atoms with Crippen molar-refractivity contribution in [3.8, 4) is 11.1 Å². The Labute approximate surface area is 165 Å². The van der Waals surface area contributed by atoms with Crippen LogP contribution in [-0.4, -0.2) is 37.6 Å². The minimum atomic E-state index is -0.208. The molecular weight excluding hydrogens is 354 g/mol. The number of carbonyl (C=O) groups excluding carboxylic acids is 2. The summed E-state index contributed by atoms with van der Waals surface area (Å²) in [6, 6.07) is 13.5. The number of hydrogen-bond acceptors (Lipinski definition) is 5. The van der Waals surface area contributed by atoms with Crippen LogP contribution >= 0.6 is 0 Å². The van der Waals surface area contributed by atoms with Crippen LogP contribution in [0.1, 0.15) is 34.3 Å². The van der Waals surface area contributed by atoms with Crippen molar-refractivity contribution in [1.29, 1.82) is 0 Å². The van der Waals surface area contributed by atoms with Gasteiger partial charge in [-0.25, -0.2) is 0 Å². The fourth-order valence-electron chi connectivity index (χ4n) is 3.40. The topological polar surface area (TPSA) is 93.5 Å². The van der Waals surface area contributed by atoms with Crippen molar-refractivity contribution < 1.29 is 14.3 Å². The van der Waals surface area contributed by atoms with E-state index in [1.54, 1.807) is 0 Å². The molecule has 1 heterocycles. The van der Waals surface area contributed by atoms with Gasteiger partial charge in [-0.1, -0.05) is 30.3 Å². The predicted octanol–water partition coefficient (Wildman–Crippen LogP) is 2.15. The normalized spacial score (nSPS) is 16.1. The summed E-state index contributed by atoms with van der Waals surface area (Å²) in [6.07, 6.45) is 1.45. The molecular formula is C22H27N3O3. The molecule has 1 fully saturated rings. The summed E-state index contributed by atoms with van der Waals surface area (Å²) in [7, 11) is 0. The van der Waals surface area contributed by atoms with Gasteiger partial charge in [0.1, 0.15) is 6.04 Å². The Morgan fingerprint density at radius 3 is 2.79 bits per heavy atom. The molecule has 0 spiro atoms. The maximum absolute atomic E-state index is 12.5. The fourth-order valence-corrected chi connectivity index (χ4v) is 3.40. The molecule has 1 aliphatic rings. The monoisotopic (exact) mass is 381 g/mol. The number of cyclic esters (lactones) is 1. The van der Waals surface area contributed by atoms with Crippen molar-refractivity contribution >= 4 is 11.9 Å². The Bertz CT molecular complexity index is 851. The zero-order chi connectivity index (χ0) is 19.9. The molecule has 0 aromatic heterocycles. The van der Waals surface area contributed by atoms with Crippen molar-refractivity contribution in [2.24, 2.45) is 5.73 Å². The van der Waals surface area contributed by atoms with E-state index in [-0.39, 0.29) is 17.9 Å². The number of benzene rings is 2. The molecule has 1 saturated heterocycles. The minimum Gasteiger partial charge on any atom is -0.464 e. The Hall–Kier alpha value is -2.70. The molecule has 1 amide bonds. The molecule has 2 aromatic carbocycles. The van der Waals surface area contributed by atoms with Crippen molar-refractivity contribution in [2.75, 3.05) is 19.7 Å². The van der Waals surface area contributed by atoms with Gasteiger partial charge in [-0.15, -0.1) is 0 Å². The molecule has 28 heavy (non-hydrogen) atoms. The molecule has 0 radical (unpaired) electrons. The molecule has 1 atom stereocenters. The van der Waals surface area contributed by atoms with Gasteiger partial charge in [-0.2, -0.15) is 0 Å². The average Bonchev–Trinajstić information content (AvgIpc) is 3.12. The Morgan fingerprint density at radius 2 is 2.04 bits per heavy atom. The number of nitrogens with two attached hydrogens (primary N) is 1. The molecule has 2 aromatic rings. The van der Waals surface area contributed by atoms with Crippen molar-refractivity contribution in [3.05, 3.63) is 59.2 Å². The second-order valence-corrected chi connectivity index (χ2v) is 6.95. The third kappa shape index (κ3) is 4.77. The van der Waals surface area contributed by atoms with Crippen molar-refractivity contribution in [1.82, 2.24) is 10.6 Å². The fraction of sp³-hybridized carbons (Fsp3) is 0.364. The van der Waals surface area contributed by atoms with Crippen LogP contribution < -0.4 is 16.4 Å². The standard InChI is InChI=1S/C22H27N3O3/c1-15-18(14-23)7-3-8-19(15)16-5-2-6-17(13-16)21(26)25-11-4-10-24-20-9-12-28-22(20)27/h2-3,5-8,13,20,24H,4,9-12,14,23H2,1H3,(H,25,26). The number of carbonyl (C=O) groups is 2. The second kappa shape index (κ2) is 9.48. The molecule has 4 N–H and O–H groups in total. The molecule has 0 saturated carbocycles. The lowest BCUT2D eigenvalue weighted by atomic mass is 9.95. The molecule has 1 unspecified atom stereocenters. The van der Waals surface area contributed by atoms with Gasteiger partial charge in [0, 0.05) is 25.1 Å². The molecule has 6 heteroatoms. The number of rotatable bonds is 8. The summed E-state index contributed by atoms with van der Waals surface area (Å²) in [6.45, 7) is 4.23. The number of ether oxygens (including phenoxy) is 1. The first-order valence-electron chi connectivity index (χ1n) is 9.67. The van der Waals surface area contributed by atoms with E-state index in [9.17, 15) is 9.59 Å². The molecule has 6 nitrogen and oxygen atoms in total. The van der Waals surface area contributed by atoms with E-state index in [2.05, 4.69) is 17.6 Å². The van der Waals surface area contributed by atoms with Gasteiger partial charge in [0.25, 0.3) is 5.91 Å². The average molecular weight is 381 g/mol. The Balaban J connectivity index is 1.55. The summed E-state index contributed by atoms with van der Waals surface area (Å²) >= 11 is 0. The third-order valence-electron chi connectivity index (χ3n) is 5.07. The molecule has 3 rings (SSSR count). The van der Waals surface area contributed by atoms with E-state index in [1.807, 2.05) is 42.5 Å². The molecule has 0 bridgehead atoms. The maximum Gasteiger partial charge on any atom is 0.323 e. The number of amides is 1. The van der Waals surface area contributed by atoms with E-state index in [0.29, 0.717) is 38.2 Å². The van der Waals surface area contributed by atoms with Crippen molar-refractivity contribution in [2.45, 2.75) is 32.4 Å². The molecule has 1 aliphatic heterocycles. The predicted molar refractivity (Wildman–Crippen MR) is 109 cm³/mol. The van der Waals surface area contributed by atoms with E-state index < -0.39 is 0 Å². The maximum atomic E-state index is 12.5. The van der Waals surface area contributed by atoms with Gasteiger partial charge < -0.3 is 21.1 Å². The lowest BCUT2D eigenvalue weighted by Crippen LogP contribution is -2.35. The summed E-state index contributed by atoms with van der Waals surface area (Å²) in [5.41, 5.74) is 10.8. The Kier molecular flexibility index (Phi) is 6.79. The highest BCUT2D eigenvalue weighted by Crippen LogP contribution is 2.26. The first kappa shape index (κ1) is 20.0. The highest BCUT2D eigenvalue weighted by molar-refractivity contribution is 5.95. The second-order valence-electron chi connectivity index (χ2n) is 6.95. The summed E-state index contributed by atoms with van der Waals surface area (Å²) in [5, 5.41) is 6.09. The number of hydrogen-bond donors (Lipinski definition) is 3. The van der Waals surface area contributed by atoms with E-state index >= 15 is 0 Å². The molecule has 148 valence electrons. The van der Waals surface area contributed by atoms with Crippen LogP contribution in [0, 0.1) is 6.92 Å². The zero-order valence-electron chi connectivity index (χ0n) is 16.2. The van der Waals surface area contributed by atoms with Crippen LogP contribution in [0.15, 0.2) is 42.5 Å². The van der Waals surface area contributed by atoms with Crippen LogP contribution in [0.25, 0.3) is 11.1 Å². The highest BCUT2D eigenvalue weighted by atomic mass is 16.5. The first-order chi connectivity index (χ1) is 13.6. The summed E-state index contributed by atoms with van der Waals surface area (Å²) < 4.78 is 4.91. The lowest BCUT2D eigenvalue weighted by molar-refractivity contribution is -0.139. The van der Waals surface area contributed by atoms with Gasteiger partial charge in [0.2, 0.25) is 0 Å². The zero-order valence-corrected chi connectivity index (χ0v) is 16.2. The van der Waals surface area contributed by atoms with Gasteiger partial charge in [-0.3, -0.25) is 9.59 Å². The van der Waals surface area contributed by atoms with Crippen molar-refractivity contribution in [3.63, 3.8) is 0 Å². The van der Waals surface area contributed by atoms with Crippen LogP contribution in [0.4, 0.5) is 0 Å². The van der Waals surface area contributed by atoms with Crippen LogP contribution in [0.3, 0.4) is 0 Å². The molecule has 0 aliphatic carbocycles. The quantitative estimate of drug-likeness (QED) is 0.481. The van der Waals surface area contributed by atoms with E-state index in [4.69, 9.17) is 10.5 Å². The first-order valence-corrected chi connectivity index (χ1v) is 9.67. The third-order valence-corrected chi connectivity index (χ3v) is 5.07. The van der Waals surface area contributed by atoms with E-state index in [1.165, 1.54) is 0 Å². The minimum absolute atomic E-state index is 0.102. The van der Waals surface area contributed by atoms with Crippen LogP contribution in [-0.2, 0) is 16.1 Å². The van der Waals surface area contributed by atoms with Gasteiger partial charge in [0.05, 0.1) is 6.61 Å². The van der Waals surface area contributed by atoms with Crippen LogP contribution in [0.2, 0.25) is 0 Å². The Morgan fingerprint density at radius 1 is 1.21 bits per heavy atom. The largest absolute Gasteiger partial charge is 0.464 e. The highest BCUT2D eigenvalue weighted by Gasteiger charge is 2.25. The van der Waals surface area contributed by atoms with E-state index in [0.717, 1.165) is 28.7 Å². The summed E-state index contributed by atoms with van der Waals surface area (Å²) in [4.78, 5) is 23.9. The van der Waals surface area contributed by atoms with Gasteiger partial charge in [-0.05, 0) is 54.3 Å². The number of nitrogens with one attached hydrogen (secondary N) is 2. The van der Waals surface area contributed by atoms with Gasteiger partial charge >= 0.3 is 5.97 Å². The van der Waals surface area contributed by atoms with Gasteiger partial charge in [0.15, 0.2) is 0 Å².